The molecule has 96 valence electrons. The van der Waals surface area contributed by atoms with Gasteiger partial charge in [0, 0.05) is 37.3 Å². The molecule has 0 saturated carbocycles. The second-order valence-electron chi connectivity index (χ2n) is 3.95. The van der Waals surface area contributed by atoms with Gasteiger partial charge in [0.1, 0.15) is 0 Å². The van der Waals surface area contributed by atoms with E-state index in [0.29, 0.717) is 5.88 Å². The van der Waals surface area contributed by atoms with E-state index in [2.05, 4.69) is 20.3 Å². The molecule has 0 saturated heterocycles. The Balaban J connectivity index is 2.14. The normalized spacial score (nSPS) is 10.6. The van der Waals surface area contributed by atoms with E-state index in [1.807, 2.05) is 29.8 Å². The molecule has 0 unspecified atom stereocenters. The number of aromatic nitrogens is 4. The Morgan fingerprint density at radius 3 is 2.74 bits per heavy atom. The third kappa shape index (κ3) is 1.87. The van der Waals surface area contributed by atoms with E-state index in [1.54, 1.807) is 25.7 Å². The highest BCUT2D eigenvalue weighted by Gasteiger charge is 2.09. The monoisotopic (exact) mass is 255 g/mol. The third-order valence-electron chi connectivity index (χ3n) is 2.91. The maximum atomic E-state index is 5.06. The van der Waals surface area contributed by atoms with Gasteiger partial charge in [-0.25, -0.2) is 15.0 Å². The molecular formula is C13H13N5O. The molecule has 6 nitrogen and oxygen atoms in total. The van der Waals surface area contributed by atoms with Gasteiger partial charge in [0.15, 0.2) is 11.5 Å². The molecule has 0 radical (unpaired) electrons. The number of methoxy groups -OCH3 is 1. The van der Waals surface area contributed by atoms with Crippen LogP contribution in [0.4, 0.5) is 5.82 Å². The van der Waals surface area contributed by atoms with Gasteiger partial charge < -0.3 is 10.1 Å². The molecule has 3 aromatic heterocycles. The van der Waals surface area contributed by atoms with E-state index in [9.17, 15) is 0 Å². The smallest absolute Gasteiger partial charge is 0.212 e. The number of anilines is 1. The summed E-state index contributed by atoms with van der Waals surface area (Å²) in [5.74, 6) is 1.34. The van der Waals surface area contributed by atoms with E-state index < -0.39 is 0 Å². The molecule has 0 aliphatic carbocycles. The Morgan fingerprint density at radius 1 is 1.16 bits per heavy atom. The quantitative estimate of drug-likeness (QED) is 0.773. The van der Waals surface area contributed by atoms with Crippen molar-refractivity contribution in [3.05, 3.63) is 36.9 Å². The molecule has 0 atom stereocenters. The topological polar surface area (TPSA) is 64.3 Å². The zero-order valence-corrected chi connectivity index (χ0v) is 10.7. The lowest BCUT2D eigenvalue weighted by Crippen LogP contribution is -1.97. The van der Waals surface area contributed by atoms with E-state index in [-0.39, 0.29) is 0 Å². The molecular weight excluding hydrogens is 242 g/mol. The van der Waals surface area contributed by atoms with Crippen LogP contribution in [0.15, 0.2) is 36.9 Å². The van der Waals surface area contributed by atoms with E-state index in [1.165, 1.54) is 0 Å². The van der Waals surface area contributed by atoms with Crippen LogP contribution in [-0.4, -0.2) is 33.5 Å². The molecule has 0 spiro atoms. The molecule has 1 N–H and O–H groups in total. The molecule has 0 aromatic carbocycles. The fourth-order valence-corrected chi connectivity index (χ4v) is 1.96. The second kappa shape index (κ2) is 4.56. The summed E-state index contributed by atoms with van der Waals surface area (Å²) in [7, 11) is 3.42. The van der Waals surface area contributed by atoms with Gasteiger partial charge in [0.05, 0.1) is 19.0 Å². The van der Waals surface area contributed by atoms with Gasteiger partial charge in [0.2, 0.25) is 5.88 Å². The minimum atomic E-state index is 0.593. The van der Waals surface area contributed by atoms with Gasteiger partial charge in [0.25, 0.3) is 0 Å². The van der Waals surface area contributed by atoms with Crippen LogP contribution in [-0.2, 0) is 0 Å². The average molecular weight is 255 g/mol. The minimum Gasteiger partial charge on any atom is -0.481 e. The Kier molecular flexibility index (Phi) is 2.75. The van der Waals surface area contributed by atoms with Crippen LogP contribution in [0.2, 0.25) is 0 Å². The molecule has 0 aliphatic heterocycles. The molecule has 0 fully saturated rings. The van der Waals surface area contributed by atoms with Gasteiger partial charge >= 0.3 is 0 Å². The van der Waals surface area contributed by atoms with Crippen molar-refractivity contribution in [2.75, 3.05) is 19.5 Å². The maximum absolute atomic E-state index is 5.06. The van der Waals surface area contributed by atoms with Crippen LogP contribution < -0.4 is 10.1 Å². The highest BCUT2D eigenvalue weighted by atomic mass is 16.5. The Hall–Kier alpha value is -2.63. The number of ether oxygens (including phenoxy) is 1. The van der Waals surface area contributed by atoms with Crippen molar-refractivity contribution in [2.24, 2.45) is 0 Å². The van der Waals surface area contributed by atoms with Crippen molar-refractivity contribution in [3.63, 3.8) is 0 Å². The van der Waals surface area contributed by atoms with Crippen molar-refractivity contribution >= 4 is 11.5 Å². The fourth-order valence-electron chi connectivity index (χ4n) is 1.96. The second-order valence-corrected chi connectivity index (χ2v) is 3.95. The minimum absolute atomic E-state index is 0.593. The predicted molar refractivity (Wildman–Crippen MR) is 72.3 cm³/mol. The molecule has 0 bridgehead atoms. The number of imidazole rings is 1. The lowest BCUT2D eigenvalue weighted by Gasteiger charge is -2.04. The summed E-state index contributed by atoms with van der Waals surface area (Å²) >= 11 is 0. The fraction of sp³-hybridized carbons (Fsp3) is 0.154. The highest BCUT2D eigenvalue weighted by molar-refractivity contribution is 5.70. The van der Waals surface area contributed by atoms with Gasteiger partial charge in [-0.1, -0.05) is 0 Å². The van der Waals surface area contributed by atoms with E-state index in [4.69, 9.17) is 4.74 Å². The number of pyridine rings is 1. The first kappa shape index (κ1) is 11.5. The Labute approximate surface area is 110 Å². The summed E-state index contributed by atoms with van der Waals surface area (Å²) in [5, 5.41) is 3.02. The first-order chi connectivity index (χ1) is 9.33. The first-order valence-electron chi connectivity index (χ1n) is 5.83. The van der Waals surface area contributed by atoms with Crippen LogP contribution in [0, 0.1) is 0 Å². The van der Waals surface area contributed by atoms with Crippen molar-refractivity contribution in [3.8, 4) is 17.1 Å². The van der Waals surface area contributed by atoms with Gasteiger partial charge in [-0.3, -0.25) is 4.40 Å². The molecule has 6 heteroatoms. The van der Waals surface area contributed by atoms with Crippen molar-refractivity contribution in [2.45, 2.75) is 0 Å². The summed E-state index contributed by atoms with van der Waals surface area (Å²) in [5.41, 5.74) is 2.72. The number of rotatable bonds is 3. The van der Waals surface area contributed by atoms with Gasteiger partial charge in [-0.2, -0.15) is 0 Å². The van der Waals surface area contributed by atoms with Crippen molar-refractivity contribution in [1.29, 1.82) is 0 Å². The molecule has 0 amide bonds. The lowest BCUT2D eigenvalue weighted by molar-refractivity contribution is 0.398. The first-order valence-corrected chi connectivity index (χ1v) is 5.83. The lowest BCUT2D eigenvalue weighted by atomic mass is 10.2. The number of hydrogen-bond acceptors (Lipinski definition) is 5. The van der Waals surface area contributed by atoms with Crippen LogP contribution in [0.5, 0.6) is 5.88 Å². The van der Waals surface area contributed by atoms with Crippen LogP contribution in [0.3, 0.4) is 0 Å². The summed E-state index contributed by atoms with van der Waals surface area (Å²) in [6, 6.07) is 3.78. The van der Waals surface area contributed by atoms with Crippen LogP contribution in [0.1, 0.15) is 0 Å². The molecule has 0 aliphatic rings. The standard InChI is InChI=1S/C13H13N5O/c1-14-12-13-17-8-10(18(13)6-5-15-12)9-3-4-11(19-2)16-7-9/h3-8H,1-2H3,(H,14,15). The maximum Gasteiger partial charge on any atom is 0.212 e. The Bertz CT molecular complexity index is 705. The number of nitrogens with one attached hydrogen (secondary N) is 1. The SMILES string of the molecule is CNc1nccn2c(-c3ccc(OC)nc3)cnc12. The third-order valence-corrected chi connectivity index (χ3v) is 2.91. The molecule has 3 rings (SSSR count). The highest BCUT2D eigenvalue weighted by Crippen LogP contribution is 2.23. The summed E-state index contributed by atoms with van der Waals surface area (Å²) in [6.45, 7) is 0. The van der Waals surface area contributed by atoms with Crippen molar-refractivity contribution in [1.82, 2.24) is 19.4 Å². The largest absolute Gasteiger partial charge is 0.481 e. The van der Waals surface area contributed by atoms with E-state index in [0.717, 1.165) is 22.7 Å². The zero-order chi connectivity index (χ0) is 13.2. The molecule has 3 heterocycles. The van der Waals surface area contributed by atoms with Gasteiger partial charge in [-0.05, 0) is 6.07 Å². The van der Waals surface area contributed by atoms with Crippen LogP contribution >= 0.6 is 0 Å². The molecule has 19 heavy (non-hydrogen) atoms. The summed E-state index contributed by atoms with van der Waals surface area (Å²) in [4.78, 5) is 12.8. The average Bonchev–Trinajstić information content (AvgIpc) is 2.91. The molecule has 3 aromatic rings. The number of nitrogens with zero attached hydrogens (tertiary/aromatic N) is 4. The zero-order valence-electron chi connectivity index (χ0n) is 10.7. The van der Waals surface area contributed by atoms with Crippen molar-refractivity contribution < 1.29 is 4.74 Å². The number of fused-ring (bicyclic) bond motifs is 1. The van der Waals surface area contributed by atoms with Crippen LogP contribution in [0.25, 0.3) is 16.9 Å². The van der Waals surface area contributed by atoms with Gasteiger partial charge in [-0.15, -0.1) is 0 Å². The predicted octanol–water partition coefficient (Wildman–Crippen LogP) is 1.84. The van der Waals surface area contributed by atoms with E-state index >= 15 is 0 Å². The number of hydrogen-bond donors (Lipinski definition) is 1. The Morgan fingerprint density at radius 2 is 2.05 bits per heavy atom. The summed E-state index contributed by atoms with van der Waals surface area (Å²) < 4.78 is 7.03. The summed E-state index contributed by atoms with van der Waals surface area (Å²) in [6.07, 6.45) is 7.19.